The minimum atomic E-state index is 0.590. The van der Waals surface area contributed by atoms with Crippen LogP contribution in [-0.4, -0.2) is 47.3 Å². The first-order valence-corrected chi connectivity index (χ1v) is 7.76. The van der Waals surface area contributed by atoms with Gasteiger partial charge < -0.3 is 4.90 Å². The quantitative estimate of drug-likeness (QED) is 0.937. The number of hydrogen-bond donors (Lipinski definition) is 1. The van der Waals surface area contributed by atoms with Crippen molar-refractivity contribution in [1.82, 2.24) is 15.1 Å². The molecule has 1 atom stereocenters. The number of benzene rings is 1. The van der Waals surface area contributed by atoms with Gasteiger partial charge in [0.25, 0.3) is 0 Å². The third-order valence-corrected chi connectivity index (χ3v) is 4.41. The van der Waals surface area contributed by atoms with Crippen LogP contribution in [-0.2, 0) is 6.42 Å². The molecular formula is C17H24N4. The highest BCUT2D eigenvalue weighted by Crippen LogP contribution is 2.19. The molecule has 2 heterocycles. The Labute approximate surface area is 126 Å². The van der Waals surface area contributed by atoms with Gasteiger partial charge in [-0.25, -0.2) is 0 Å². The van der Waals surface area contributed by atoms with Crippen LogP contribution in [0.15, 0.2) is 36.7 Å². The number of nitrogens with one attached hydrogen (secondary N) is 1. The summed E-state index contributed by atoms with van der Waals surface area (Å²) in [5.74, 6) is 0. The molecule has 0 unspecified atom stereocenters. The van der Waals surface area contributed by atoms with Crippen molar-refractivity contribution < 1.29 is 0 Å². The average Bonchev–Trinajstić information content (AvgIpc) is 3.00. The Kier molecular flexibility index (Phi) is 4.25. The maximum absolute atomic E-state index is 4.01. The molecule has 4 nitrogen and oxygen atoms in total. The van der Waals surface area contributed by atoms with E-state index in [1.807, 2.05) is 12.4 Å². The molecule has 1 aromatic carbocycles. The number of aromatic amines is 1. The second-order valence-corrected chi connectivity index (χ2v) is 6.02. The second-order valence-electron chi connectivity index (χ2n) is 6.02. The molecule has 0 radical (unpaired) electrons. The van der Waals surface area contributed by atoms with Crippen LogP contribution in [0, 0.1) is 6.92 Å². The molecular weight excluding hydrogens is 260 g/mol. The zero-order chi connectivity index (χ0) is 14.7. The molecule has 1 aliphatic heterocycles. The lowest BCUT2D eigenvalue weighted by Gasteiger charge is -2.41. The topological polar surface area (TPSA) is 35.2 Å². The zero-order valence-corrected chi connectivity index (χ0v) is 12.9. The van der Waals surface area contributed by atoms with Crippen LogP contribution in [0.5, 0.6) is 0 Å². The predicted molar refractivity (Wildman–Crippen MR) is 86.7 cm³/mol. The Hall–Kier alpha value is -1.81. The average molecular weight is 284 g/mol. The van der Waals surface area contributed by atoms with Crippen molar-refractivity contribution in [3.05, 3.63) is 47.8 Å². The monoisotopic (exact) mass is 284 g/mol. The zero-order valence-electron chi connectivity index (χ0n) is 12.9. The van der Waals surface area contributed by atoms with E-state index in [1.165, 1.54) is 16.8 Å². The third-order valence-electron chi connectivity index (χ3n) is 4.41. The van der Waals surface area contributed by atoms with Crippen LogP contribution in [0.4, 0.5) is 5.69 Å². The molecule has 112 valence electrons. The maximum atomic E-state index is 4.01. The van der Waals surface area contributed by atoms with Gasteiger partial charge in [0.1, 0.15) is 0 Å². The summed E-state index contributed by atoms with van der Waals surface area (Å²) < 4.78 is 0. The Morgan fingerprint density at radius 2 is 2.05 bits per heavy atom. The predicted octanol–water partition coefficient (Wildman–Crippen LogP) is 2.47. The molecule has 1 aliphatic rings. The number of anilines is 1. The van der Waals surface area contributed by atoms with Crippen molar-refractivity contribution in [1.29, 1.82) is 0 Å². The van der Waals surface area contributed by atoms with E-state index in [1.54, 1.807) is 0 Å². The number of aromatic nitrogens is 2. The van der Waals surface area contributed by atoms with Gasteiger partial charge in [0.2, 0.25) is 0 Å². The van der Waals surface area contributed by atoms with E-state index in [0.717, 1.165) is 32.6 Å². The van der Waals surface area contributed by atoms with E-state index in [9.17, 15) is 0 Å². The minimum absolute atomic E-state index is 0.590. The van der Waals surface area contributed by atoms with Gasteiger partial charge >= 0.3 is 0 Å². The minimum Gasteiger partial charge on any atom is -0.369 e. The third kappa shape index (κ3) is 3.45. The SMILES string of the molecule is Cc1ccc(N2CCN(CCc3cn[nH]c3)[C@H](C)C2)cc1. The highest BCUT2D eigenvalue weighted by Gasteiger charge is 2.23. The lowest BCUT2D eigenvalue weighted by atomic mass is 10.1. The van der Waals surface area contributed by atoms with E-state index < -0.39 is 0 Å². The number of aryl methyl sites for hydroxylation is 1. The second kappa shape index (κ2) is 6.31. The van der Waals surface area contributed by atoms with E-state index in [-0.39, 0.29) is 0 Å². The molecule has 1 N–H and O–H groups in total. The van der Waals surface area contributed by atoms with Crippen molar-refractivity contribution in [2.75, 3.05) is 31.1 Å². The van der Waals surface area contributed by atoms with E-state index >= 15 is 0 Å². The highest BCUT2D eigenvalue weighted by molar-refractivity contribution is 5.48. The van der Waals surface area contributed by atoms with Crippen LogP contribution in [0.1, 0.15) is 18.1 Å². The van der Waals surface area contributed by atoms with Gasteiger partial charge in [-0.15, -0.1) is 0 Å². The van der Waals surface area contributed by atoms with E-state index in [4.69, 9.17) is 0 Å². The maximum Gasteiger partial charge on any atom is 0.0519 e. The fourth-order valence-corrected chi connectivity index (χ4v) is 3.00. The first-order chi connectivity index (χ1) is 10.2. The first-order valence-electron chi connectivity index (χ1n) is 7.76. The van der Waals surface area contributed by atoms with Gasteiger partial charge in [0.05, 0.1) is 6.20 Å². The van der Waals surface area contributed by atoms with Crippen molar-refractivity contribution in [2.45, 2.75) is 26.3 Å². The Morgan fingerprint density at radius 1 is 1.24 bits per heavy atom. The molecule has 0 amide bonds. The number of nitrogens with zero attached hydrogens (tertiary/aromatic N) is 3. The molecule has 2 aromatic rings. The molecule has 21 heavy (non-hydrogen) atoms. The van der Waals surface area contributed by atoms with Gasteiger partial charge in [0, 0.05) is 44.1 Å². The molecule has 3 rings (SSSR count). The summed E-state index contributed by atoms with van der Waals surface area (Å²) in [6, 6.07) is 9.47. The van der Waals surface area contributed by atoms with Crippen molar-refractivity contribution in [3.8, 4) is 0 Å². The Balaban J connectivity index is 1.55. The van der Waals surface area contributed by atoms with Crippen molar-refractivity contribution in [3.63, 3.8) is 0 Å². The number of H-pyrrole nitrogens is 1. The molecule has 0 bridgehead atoms. The fourth-order valence-electron chi connectivity index (χ4n) is 3.00. The standard InChI is InChI=1S/C17H24N4/c1-14-3-5-17(6-4-14)21-10-9-20(15(2)13-21)8-7-16-11-18-19-12-16/h3-6,11-12,15H,7-10,13H2,1-2H3,(H,18,19)/t15-/m1/s1. The summed E-state index contributed by atoms with van der Waals surface area (Å²) in [7, 11) is 0. The summed E-state index contributed by atoms with van der Waals surface area (Å²) in [4.78, 5) is 5.08. The molecule has 0 spiro atoms. The number of rotatable bonds is 4. The molecule has 1 aromatic heterocycles. The summed E-state index contributed by atoms with van der Waals surface area (Å²) in [6.45, 7) is 8.93. The largest absolute Gasteiger partial charge is 0.369 e. The van der Waals surface area contributed by atoms with Gasteiger partial charge in [-0.2, -0.15) is 5.10 Å². The molecule has 1 fully saturated rings. The number of piperazine rings is 1. The molecule has 1 saturated heterocycles. The first kappa shape index (κ1) is 14.1. The van der Waals surface area contributed by atoms with Crippen LogP contribution >= 0.6 is 0 Å². The van der Waals surface area contributed by atoms with Gasteiger partial charge in [-0.3, -0.25) is 10.00 Å². The number of hydrogen-bond acceptors (Lipinski definition) is 3. The summed E-state index contributed by atoms with van der Waals surface area (Å²) in [6.07, 6.45) is 4.99. The van der Waals surface area contributed by atoms with Crippen LogP contribution in [0.3, 0.4) is 0 Å². The van der Waals surface area contributed by atoms with Crippen LogP contribution in [0.25, 0.3) is 0 Å². The van der Waals surface area contributed by atoms with Crippen molar-refractivity contribution in [2.24, 2.45) is 0 Å². The van der Waals surface area contributed by atoms with Gasteiger partial charge in [-0.05, 0) is 38.0 Å². The van der Waals surface area contributed by atoms with Crippen LogP contribution < -0.4 is 4.90 Å². The Morgan fingerprint density at radius 3 is 2.71 bits per heavy atom. The lowest BCUT2D eigenvalue weighted by Crippen LogP contribution is -2.52. The smallest absolute Gasteiger partial charge is 0.0519 e. The van der Waals surface area contributed by atoms with E-state index in [2.05, 4.69) is 58.1 Å². The normalized spacial score (nSPS) is 19.9. The molecule has 0 aliphatic carbocycles. The Bertz CT molecular complexity index is 547. The fraction of sp³-hybridized carbons (Fsp3) is 0.471. The molecule has 4 heteroatoms. The van der Waals surface area contributed by atoms with Gasteiger partial charge in [0.15, 0.2) is 0 Å². The lowest BCUT2D eigenvalue weighted by molar-refractivity contribution is 0.192. The summed E-state index contributed by atoms with van der Waals surface area (Å²) >= 11 is 0. The highest BCUT2D eigenvalue weighted by atomic mass is 15.3. The summed E-state index contributed by atoms with van der Waals surface area (Å²) in [5, 5.41) is 6.90. The van der Waals surface area contributed by atoms with Crippen molar-refractivity contribution >= 4 is 5.69 Å². The van der Waals surface area contributed by atoms with Crippen LogP contribution in [0.2, 0.25) is 0 Å². The molecule has 0 saturated carbocycles. The van der Waals surface area contributed by atoms with E-state index in [0.29, 0.717) is 6.04 Å². The van der Waals surface area contributed by atoms with Gasteiger partial charge in [-0.1, -0.05) is 17.7 Å². The summed E-state index contributed by atoms with van der Waals surface area (Å²) in [5.41, 5.74) is 3.97.